The summed E-state index contributed by atoms with van der Waals surface area (Å²) in [5, 5.41) is 13.8. The van der Waals surface area contributed by atoms with Crippen molar-refractivity contribution < 1.29 is 0 Å². The SMILES string of the molecule is CCc1nnc(NC2CCCN(C)C2)s1. The van der Waals surface area contributed by atoms with Gasteiger partial charge in [-0.3, -0.25) is 0 Å². The second-order valence-electron chi connectivity index (χ2n) is 4.10. The molecule has 1 unspecified atom stereocenters. The molecule has 0 bridgehead atoms. The van der Waals surface area contributed by atoms with Crippen LogP contribution in [0.2, 0.25) is 0 Å². The summed E-state index contributed by atoms with van der Waals surface area (Å²) in [7, 11) is 2.17. The van der Waals surface area contributed by atoms with E-state index in [4.69, 9.17) is 0 Å². The van der Waals surface area contributed by atoms with Crippen LogP contribution in [0.3, 0.4) is 0 Å². The van der Waals surface area contributed by atoms with Crippen molar-refractivity contribution >= 4 is 16.5 Å². The Morgan fingerprint density at radius 1 is 1.53 bits per heavy atom. The predicted molar refractivity (Wildman–Crippen MR) is 63.4 cm³/mol. The van der Waals surface area contributed by atoms with E-state index in [-0.39, 0.29) is 0 Å². The van der Waals surface area contributed by atoms with Crippen molar-refractivity contribution in [1.29, 1.82) is 0 Å². The summed E-state index contributed by atoms with van der Waals surface area (Å²) >= 11 is 1.68. The fourth-order valence-corrected chi connectivity index (χ4v) is 2.67. The lowest BCUT2D eigenvalue weighted by atomic mass is 10.1. The van der Waals surface area contributed by atoms with Crippen LogP contribution in [0.5, 0.6) is 0 Å². The van der Waals surface area contributed by atoms with E-state index < -0.39 is 0 Å². The van der Waals surface area contributed by atoms with Gasteiger partial charge in [0.15, 0.2) is 0 Å². The van der Waals surface area contributed by atoms with Crippen LogP contribution in [0, 0.1) is 0 Å². The number of nitrogens with one attached hydrogen (secondary N) is 1. The molecule has 1 aliphatic heterocycles. The van der Waals surface area contributed by atoms with Gasteiger partial charge in [0.25, 0.3) is 0 Å². The Hall–Kier alpha value is -0.680. The molecular weight excluding hydrogens is 208 g/mol. The van der Waals surface area contributed by atoms with Crippen molar-refractivity contribution in [2.24, 2.45) is 0 Å². The Morgan fingerprint density at radius 2 is 2.40 bits per heavy atom. The van der Waals surface area contributed by atoms with Crippen LogP contribution in [-0.2, 0) is 6.42 Å². The van der Waals surface area contributed by atoms with Gasteiger partial charge in [0.1, 0.15) is 5.01 Å². The quantitative estimate of drug-likeness (QED) is 0.850. The van der Waals surface area contributed by atoms with Crippen molar-refractivity contribution in [1.82, 2.24) is 15.1 Å². The number of nitrogens with zero attached hydrogens (tertiary/aromatic N) is 3. The minimum Gasteiger partial charge on any atom is -0.356 e. The van der Waals surface area contributed by atoms with Crippen molar-refractivity contribution in [3.8, 4) is 0 Å². The maximum Gasteiger partial charge on any atom is 0.205 e. The van der Waals surface area contributed by atoms with Gasteiger partial charge in [0.2, 0.25) is 5.13 Å². The van der Waals surface area contributed by atoms with Gasteiger partial charge in [-0.25, -0.2) is 0 Å². The van der Waals surface area contributed by atoms with Gasteiger partial charge in [-0.05, 0) is 32.9 Å². The van der Waals surface area contributed by atoms with Crippen LogP contribution < -0.4 is 5.32 Å². The average molecular weight is 226 g/mol. The van der Waals surface area contributed by atoms with E-state index in [0.29, 0.717) is 6.04 Å². The first-order valence-corrected chi connectivity index (χ1v) is 6.37. The standard InChI is InChI=1S/C10H18N4S/c1-3-9-12-13-10(15-9)11-8-5-4-6-14(2)7-8/h8H,3-7H2,1-2H3,(H,11,13). The maximum atomic E-state index is 4.15. The smallest absolute Gasteiger partial charge is 0.205 e. The fourth-order valence-electron chi connectivity index (χ4n) is 1.91. The number of aromatic nitrogens is 2. The molecule has 1 N–H and O–H groups in total. The number of piperidine rings is 1. The van der Waals surface area contributed by atoms with Crippen molar-refractivity contribution in [2.75, 3.05) is 25.5 Å². The summed E-state index contributed by atoms with van der Waals surface area (Å²) in [5.41, 5.74) is 0. The highest BCUT2D eigenvalue weighted by molar-refractivity contribution is 7.15. The molecule has 1 atom stereocenters. The zero-order chi connectivity index (χ0) is 10.7. The maximum absolute atomic E-state index is 4.15. The largest absolute Gasteiger partial charge is 0.356 e. The van der Waals surface area contributed by atoms with Crippen LogP contribution >= 0.6 is 11.3 Å². The van der Waals surface area contributed by atoms with Gasteiger partial charge in [0.05, 0.1) is 0 Å². The molecule has 4 nitrogen and oxygen atoms in total. The molecule has 0 aromatic carbocycles. The molecule has 0 radical (unpaired) electrons. The van der Waals surface area contributed by atoms with Crippen LogP contribution in [0.4, 0.5) is 5.13 Å². The summed E-state index contributed by atoms with van der Waals surface area (Å²) < 4.78 is 0. The molecule has 0 amide bonds. The molecule has 1 aliphatic rings. The van der Waals surface area contributed by atoms with E-state index in [0.717, 1.165) is 23.1 Å². The monoisotopic (exact) mass is 226 g/mol. The van der Waals surface area contributed by atoms with Crippen LogP contribution in [0.15, 0.2) is 0 Å². The van der Waals surface area contributed by atoms with Crippen molar-refractivity contribution in [3.05, 3.63) is 5.01 Å². The highest BCUT2D eigenvalue weighted by Crippen LogP contribution is 2.19. The molecule has 0 spiro atoms. The van der Waals surface area contributed by atoms with Gasteiger partial charge < -0.3 is 10.2 Å². The summed E-state index contributed by atoms with van der Waals surface area (Å²) in [6.45, 7) is 4.44. The van der Waals surface area contributed by atoms with E-state index in [1.54, 1.807) is 11.3 Å². The van der Waals surface area contributed by atoms with Gasteiger partial charge in [-0.2, -0.15) is 0 Å². The molecule has 0 aliphatic carbocycles. The second-order valence-corrected chi connectivity index (χ2v) is 5.16. The van der Waals surface area contributed by atoms with E-state index in [9.17, 15) is 0 Å². The second kappa shape index (κ2) is 4.90. The Bertz CT molecular complexity index is 312. The molecule has 1 aromatic heterocycles. The fraction of sp³-hybridized carbons (Fsp3) is 0.800. The summed E-state index contributed by atoms with van der Waals surface area (Å²) in [6, 6.07) is 0.543. The number of likely N-dealkylation sites (N-methyl/N-ethyl adjacent to an activating group) is 1. The minimum absolute atomic E-state index is 0.543. The third-order valence-electron chi connectivity index (χ3n) is 2.72. The number of hydrogen-bond acceptors (Lipinski definition) is 5. The van der Waals surface area contributed by atoms with Crippen LogP contribution in [-0.4, -0.2) is 41.3 Å². The topological polar surface area (TPSA) is 41.1 Å². The van der Waals surface area contributed by atoms with Gasteiger partial charge in [-0.1, -0.05) is 18.3 Å². The number of hydrogen-bond donors (Lipinski definition) is 1. The van der Waals surface area contributed by atoms with E-state index in [1.807, 2.05) is 0 Å². The van der Waals surface area contributed by atoms with Gasteiger partial charge >= 0.3 is 0 Å². The lowest BCUT2D eigenvalue weighted by molar-refractivity contribution is 0.261. The average Bonchev–Trinajstić information content (AvgIpc) is 2.65. The lowest BCUT2D eigenvalue weighted by Gasteiger charge is -2.29. The Balaban J connectivity index is 1.90. The van der Waals surface area contributed by atoms with Gasteiger partial charge in [-0.15, -0.1) is 10.2 Å². The Labute approximate surface area is 94.7 Å². The molecule has 15 heavy (non-hydrogen) atoms. The molecule has 5 heteroatoms. The molecule has 84 valence electrons. The predicted octanol–water partition coefficient (Wildman–Crippen LogP) is 1.61. The van der Waals surface area contributed by atoms with Crippen LogP contribution in [0.1, 0.15) is 24.8 Å². The van der Waals surface area contributed by atoms with Crippen molar-refractivity contribution in [3.63, 3.8) is 0 Å². The molecule has 1 saturated heterocycles. The number of likely N-dealkylation sites (tertiary alicyclic amines) is 1. The number of anilines is 1. The normalized spacial score (nSPS) is 22.9. The first-order valence-electron chi connectivity index (χ1n) is 5.55. The van der Waals surface area contributed by atoms with E-state index in [2.05, 4.69) is 34.4 Å². The minimum atomic E-state index is 0.543. The first kappa shape index (κ1) is 10.8. The highest BCUT2D eigenvalue weighted by atomic mass is 32.1. The molecular formula is C10H18N4S. The van der Waals surface area contributed by atoms with Crippen LogP contribution in [0.25, 0.3) is 0 Å². The highest BCUT2D eigenvalue weighted by Gasteiger charge is 2.17. The third-order valence-corrected chi connectivity index (χ3v) is 3.72. The molecule has 0 saturated carbocycles. The summed E-state index contributed by atoms with van der Waals surface area (Å²) in [6.07, 6.45) is 3.49. The zero-order valence-electron chi connectivity index (χ0n) is 9.36. The third kappa shape index (κ3) is 2.89. The molecule has 2 rings (SSSR count). The Morgan fingerprint density at radius 3 is 3.07 bits per heavy atom. The lowest BCUT2D eigenvalue weighted by Crippen LogP contribution is -2.39. The first-order chi connectivity index (χ1) is 7.28. The molecule has 1 fully saturated rings. The number of aryl methyl sites for hydroxylation is 1. The summed E-state index contributed by atoms with van der Waals surface area (Å²) in [5.74, 6) is 0. The van der Waals surface area contributed by atoms with Gasteiger partial charge in [0, 0.05) is 12.6 Å². The van der Waals surface area contributed by atoms with E-state index in [1.165, 1.54) is 19.4 Å². The van der Waals surface area contributed by atoms with E-state index >= 15 is 0 Å². The molecule has 2 heterocycles. The Kier molecular flexibility index (Phi) is 3.53. The summed E-state index contributed by atoms with van der Waals surface area (Å²) in [4.78, 5) is 2.36. The molecule has 1 aromatic rings. The number of rotatable bonds is 3. The zero-order valence-corrected chi connectivity index (χ0v) is 10.2. The van der Waals surface area contributed by atoms with Crippen molar-refractivity contribution in [2.45, 2.75) is 32.2 Å².